The molecule has 2 fully saturated rings. The predicted molar refractivity (Wildman–Crippen MR) is 133 cm³/mol. The molecule has 0 aliphatic heterocycles. The molecule has 2 saturated carbocycles. The summed E-state index contributed by atoms with van der Waals surface area (Å²) in [7, 11) is 0. The van der Waals surface area contributed by atoms with Crippen LogP contribution in [-0.4, -0.2) is 0 Å². The van der Waals surface area contributed by atoms with Crippen molar-refractivity contribution in [3.05, 3.63) is 76.6 Å². The molecule has 0 aromatic heterocycles. The van der Waals surface area contributed by atoms with E-state index in [-0.39, 0.29) is 23.0 Å². The quantitative estimate of drug-likeness (QED) is 0.421. The van der Waals surface area contributed by atoms with Gasteiger partial charge in [0.05, 0.1) is 0 Å². The molecule has 0 N–H and O–H groups in total. The molecule has 3 aliphatic rings. The summed E-state index contributed by atoms with van der Waals surface area (Å²) < 4.78 is 43.4. The minimum absolute atomic E-state index is 0.173. The van der Waals surface area contributed by atoms with Gasteiger partial charge in [-0.2, -0.15) is 0 Å². The van der Waals surface area contributed by atoms with Crippen molar-refractivity contribution in [2.24, 2.45) is 17.8 Å². The largest absolute Gasteiger partial charge is 0.207 e. The average molecular weight is 467 g/mol. The lowest BCUT2D eigenvalue weighted by molar-refractivity contribution is 0.220. The van der Waals surface area contributed by atoms with E-state index < -0.39 is 0 Å². The Morgan fingerprint density at radius 2 is 1.24 bits per heavy atom. The van der Waals surface area contributed by atoms with Gasteiger partial charge in [-0.05, 0) is 128 Å². The first-order valence-electron chi connectivity index (χ1n) is 13.4. The minimum atomic E-state index is -0.377. The van der Waals surface area contributed by atoms with E-state index in [9.17, 15) is 4.39 Å². The fourth-order valence-corrected chi connectivity index (χ4v) is 6.90. The molecule has 0 spiro atoms. The third-order valence-corrected chi connectivity index (χ3v) is 9.10. The van der Waals surface area contributed by atoms with Gasteiger partial charge in [-0.25, -0.2) is 13.2 Å². The summed E-state index contributed by atoms with van der Waals surface area (Å²) in [6, 6.07) is 10.2. The molecule has 3 aliphatic carbocycles. The van der Waals surface area contributed by atoms with Crippen LogP contribution in [0.15, 0.2) is 42.5 Å². The smallest absolute Gasteiger partial charge is 0.133 e. The van der Waals surface area contributed by atoms with E-state index >= 15 is 8.78 Å². The average Bonchev–Trinajstić information content (AvgIpc) is 2.85. The van der Waals surface area contributed by atoms with Crippen LogP contribution in [0.2, 0.25) is 0 Å². The molecule has 0 heterocycles. The van der Waals surface area contributed by atoms with Gasteiger partial charge < -0.3 is 0 Å². The van der Waals surface area contributed by atoms with Crippen LogP contribution in [0.25, 0.3) is 5.57 Å². The van der Waals surface area contributed by atoms with Crippen LogP contribution in [0.1, 0.15) is 106 Å². The van der Waals surface area contributed by atoms with E-state index in [0.717, 1.165) is 74.8 Å². The Morgan fingerprint density at radius 3 is 1.82 bits per heavy atom. The highest BCUT2D eigenvalue weighted by Gasteiger charge is 2.31. The van der Waals surface area contributed by atoms with Crippen molar-refractivity contribution >= 4 is 5.57 Å². The second kappa shape index (κ2) is 10.3. The highest BCUT2D eigenvalue weighted by Crippen LogP contribution is 2.45. The van der Waals surface area contributed by atoms with Gasteiger partial charge >= 0.3 is 0 Å². The van der Waals surface area contributed by atoms with Crippen LogP contribution in [0.4, 0.5) is 13.2 Å². The highest BCUT2D eigenvalue weighted by molar-refractivity contribution is 5.67. The van der Waals surface area contributed by atoms with Crippen molar-refractivity contribution in [3.8, 4) is 0 Å². The van der Waals surface area contributed by atoms with Gasteiger partial charge in [0.2, 0.25) is 0 Å². The fourth-order valence-electron chi connectivity index (χ4n) is 6.90. The van der Waals surface area contributed by atoms with Gasteiger partial charge in [-0.15, -0.1) is 0 Å². The lowest BCUT2D eigenvalue weighted by Gasteiger charge is -2.36. The topological polar surface area (TPSA) is 0 Å². The van der Waals surface area contributed by atoms with Gasteiger partial charge in [-0.1, -0.05) is 38.0 Å². The lowest BCUT2D eigenvalue weighted by Crippen LogP contribution is -2.22. The third kappa shape index (κ3) is 5.14. The maximum atomic E-state index is 15.1. The number of halogens is 3. The molecule has 5 rings (SSSR count). The summed E-state index contributed by atoms with van der Waals surface area (Å²) in [5, 5.41) is 0. The molecule has 1 atom stereocenters. The zero-order chi connectivity index (χ0) is 23.7. The van der Waals surface area contributed by atoms with Gasteiger partial charge in [0.25, 0.3) is 0 Å². The first-order chi connectivity index (χ1) is 16.5. The van der Waals surface area contributed by atoms with Crippen molar-refractivity contribution < 1.29 is 13.2 Å². The Kier molecular flexibility index (Phi) is 7.18. The summed E-state index contributed by atoms with van der Waals surface area (Å²) in [6.07, 6.45) is 13.8. The van der Waals surface area contributed by atoms with Crippen molar-refractivity contribution in [2.45, 2.75) is 89.4 Å². The highest BCUT2D eigenvalue weighted by atomic mass is 19.1. The molecule has 2 aromatic rings. The number of hydrogen-bond acceptors (Lipinski definition) is 0. The second-order valence-corrected chi connectivity index (χ2v) is 11.2. The summed E-state index contributed by atoms with van der Waals surface area (Å²) in [4.78, 5) is 0. The van der Waals surface area contributed by atoms with Gasteiger partial charge in [-0.3, -0.25) is 0 Å². The lowest BCUT2D eigenvalue weighted by atomic mass is 9.70. The van der Waals surface area contributed by atoms with E-state index in [1.807, 2.05) is 12.1 Å². The van der Waals surface area contributed by atoms with Crippen molar-refractivity contribution in [2.75, 3.05) is 0 Å². The van der Waals surface area contributed by atoms with Gasteiger partial charge in [0.1, 0.15) is 17.5 Å². The van der Waals surface area contributed by atoms with E-state index in [0.29, 0.717) is 23.7 Å². The maximum Gasteiger partial charge on any atom is 0.133 e. The Morgan fingerprint density at radius 1 is 0.647 bits per heavy atom. The van der Waals surface area contributed by atoms with E-state index in [4.69, 9.17) is 0 Å². The van der Waals surface area contributed by atoms with Crippen LogP contribution < -0.4 is 0 Å². The Labute approximate surface area is 202 Å². The van der Waals surface area contributed by atoms with Crippen molar-refractivity contribution in [1.29, 1.82) is 0 Å². The van der Waals surface area contributed by atoms with Crippen LogP contribution in [0.5, 0.6) is 0 Å². The van der Waals surface area contributed by atoms with Crippen molar-refractivity contribution in [3.63, 3.8) is 0 Å². The number of rotatable bonds is 4. The molecule has 2 aromatic carbocycles. The first-order valence-corrected chi connectivity index (χ1v) is 13.4. The molecule has 1 unspecified atom stereocenters. The van der Waals surface area contributed by atoms with E-state index in [2.05, 4.69) is 13.0 Å². The SMILES string of the molecule is CC1CCC(c2cc(F)c(C3=CCC(C4CCC(c5ccc(F)cc5)CC4)CC3)c(F)c2)CC1. The summed E-state index contributed by atoms with van der Waals surface area (Å²) in [5.41, 5.74) is 3.17. The fraction of sp³-hybridized carbons (Fsp3) is 0.548. The van der Waals surface area contributed by atoms with Crippen LogP contribution in [0.3, 0.4) is 0 Å². The summed E-state index contributed by atoms with van der Waals surface area (Å²) in [6.45, 7) is 2.26. The summed E-state index contributed by atoms with van der Waals surface area (Å²) >= 11 is 0. The molecular weight excluding hydrogens is 429 g/mol. The molecule has 182 valence electrons. The van der Waals surface area contributed by atoms with Crippen LogP contribution >= 0.6 is 0 Å². The van der Waals surface area contributed by atoms with Crippen LogP contribution in [-0.2, 0) is 0 Å². The Balaban J connectivity index is 1.20. The maximum absolute atomic E-state index is 15.1. The second-order valence-electron chi connectivity index (χ2n) is 11.2. The normalized spacial score (nSPS) is 30.1. The summed E-state index contributed by atoms with van der Waals surface area (Å²) in [5.74, 6) is 1.91. The van der Waals surface area contributed by atoms with Gasteiger partial charge in [0, 0.05) is 5.56 Å². The standard InChI is InChI=1S/C31H37F3/c1-20-2-4-25(5-3-20)27-18-29(33)31(30(34)19-27)26-12-10-23(11-13-26)21-6-8-22(9-7-21)24-14-16-28(32)17-15-24/h12,14-23,25H,2-11,13H2,1H3. The monoisotopic (exact) mass is 466 g/mol. The third-order valence-electron chi connectivity index (χ3n) is 9.10. The first kappa shape index (κ1) is 23.7. The molecule has 0 saturated heterocycles. The number of benzene rings is 2. The van der Waals surface area contributed by atoms with E-state index in [1.165, 1.54) is 18.4 Å². The zero-order valence-electron chi connectivity index (χ0n) is 20.3. The van der Waals surface area contributed by atoms with Crippen molar-refractivity contribution in [1.82, 2.24) is 0 Å². The molecule has 34 heavy (non-hydrogen) atoms. The molecule has 0 radical (unpaired) electrons. The molecular formula is C31H37F3. The molecule has 0 nitrogen and oxygen atoms in total. The number of hydrogen-bond donors (Lipinski definition) is 0. The van der Waals surface area contributed by atoms with E-state index in [1.54, 1.807) is 24.3 Å². The minimum Gasteiger partial charge on any atom is -0.207 e. The van der Waals surface area contributed by atoms with Gasteiger partial charge in [0.15, 0.2) is 0 Å². The number of allylic oxidation sites excluding steroid dienone is 2. The molecule has 0 amide bonds. The predicted octanol–water partition coefficient (Wildman–Crippen LogP) is 9.56. The zero-order valence-corrected chi connectivity index (χ0v) is 20.3. The molecule has 3 heteroatoms. The Bertz CT molecular complexity index is 982. The Hall–Kier alpha value is -2.03. The van der Waals surface area contributed by atoms with Crippen LogP contribution in [0, 0.1) is 35.2 Å². The molecule has 0 bridgehead atoms.